The van der Waals surface area contributed by atoms with Gasteiger partial charge in [0.2, 0.25) is 5.91 Å². The van der Waals surface area contributed by atoms with Crippen LogP contribution in [-0.4, -0.2) is 74.2 Å². The number of amides is 3. The number of alkyl halides is 3. The lowest BCUT2D eigenvalue weighted by Crippen LogP contribution is -2.53. The maximum absolute atomic E-state index is 13.1. The fraction of sp³-hybridized carbons (Fsp3) is 0.409. The first kappa shape index (κ1) is 26.9. The van der Waals surface area contributed by atoms with Crippen molar-refractivity contribution >= 4 is 52.0 Å². The van der Waals surface area contributed by atoms with Gasteiger partial charge in [-0.25, -0.2) is 0 Å². The van der Waals surface area contributed by atoms with Crippen LogP contribution in [0.5, 0.6) is 0 Å². The second-order valence-corrected chi connectivity index (χ2v) is 9.36. The van der Waals surface area contributed by atoms with Crippen molar-refractivity contribution in [2.24, 2.45) is 0 Å². The summed E-state index contributed by atoms with van der Waals surface area (Å²) in [6.45, 7) is 0.546. The van der Waals surface area contributed by atoms with Gasteiger partial charge in [-0.3, -0.25) is 19.3 Å². The van der Waals surface area contributed by atoms with Crippen LogP contribution in [0.1, 0.15) is 16.6 Å². The van der Waals surface area contributed by atoms with Gasteiger partial charge in [-0.05, 0) is 42.9 Å². The number of hydrogen-bond donors (Lipinski definition) is 2. The van der Waals surface area contributed by atoms with Crippen LogP contribution in [0.15, 0.2) is 36.4 Å². The van der Waals surface area contributed by atoms with Gasteiger partial charge in [0, 0.05) is 24.5 Å². The van der Waals surface area contributed by atoms with Gasteiger partial charge >= 0.3 is 6.18 Å². The summed E-state index contributed by atoms with van der Waals surface area (Å²) < 4.78 is 44.9. The highest BCUT2D eigenvalue weighted by Gasteiger charge is 2.36. The summed E-state index contributed by atoms with van der Waals surface area (Å²) in [5, 5.41) is 5.13. The average Bonchev–Trinajstić information content (AvgIpc) is 3.25. The van der Waals surface area contributed by atoms with Crippen molar-refractivity contribution in [3.05, 3.63) is 45.6 Å². The summed E-state index contributed by atoms with van der Waals surface area (Å²) in [6.07, 6.45) is -4.54. The number of morpholine rings is 1. The van der Waals surface area contributed by atoms with E-state index < -0.39 is 30.6 Å². The molecule has 1 saturated heterocycles. The van der Waals surface area contributed by atoms with Gasteiger partial charge in [-0.2, -0.15) is 13.2 Å². The molecule has 2 N–H and O–H groups in total. The third-order valence-corrected chi connectivity index (χ3v) is 6.45. The molecular formula is C22H24ClF3N4O4S. The zero-order chi connectivity index (χ0) is 25.6. The van der Waals surface area contributed by atoms with Crippen LogP contribution in [0.2, 0.25) is 4.34 Å². The van der Waals surface area contributed by atoms with Crippen molar-refractivity contribution in [1.29, 1.82) is 0 Å². The Balaban J connectivity index is 1.72. The molecule has 1 fully saturated rings. The van der Waals surface area contributed by atoms with Crippen molar-refractivity contribution in [3.63, 3.8) is 0 Å². The second kappa shape index (κ2) is 11.8. The Labute approximate surface area is 209 Å². The largest absolute Gasteiger partial charge is 0.401 e. The number of benzene rings is 1. The molecule has 0 radical (unpaired) electrons. The van der Waals surface area contributed by atoms with E-state index in [2.05, 4.69) is 10.6 Å². The van der Waals surface area contributed by atoms with Crippen LogP contribution >= 0.6 is 22.9 Å². The van der Waals surface area contributed by atoms with Crippen LogP contribution in [0.3, 0.4) is 0 Å². The SMILES string of the molecule is CCN(CC(F)(F)F)[C@H](CNC(=O)c1ccc(Cl)s1)C(=O)Nc1ccc(N2CCOCC2=O)cc1. The molecule has 1 aliphatic rings. The Hall–Kier alpha value is -2.67. The molecule has 1 atom stereocenters. The quantitative estimate of drug-likeness (QED) is 0.517. The number of thiophene rings is 1. The number of hydrogen-bond acceptors (Lipinski definition) is 6. The summed E-state index contributed by atoms with van der Waals surface area (Å²) in [5.74, 6) is -1.44. The Morgan fingerprint density at radius 2 is 1.94 bits per heavy atom. The van der Waals surface area contributed by atoms with Gasteiger partial charge in [-0.15, -0.1) is 11.3 Å². The number of rotatable bonds is 9. The van der Waals surface area contributed by atoms with Gasteiger partial charge in [0.25, 0.3) is 11.8 Å². The summed E-state index contributed by atoms with van der Waals surface area (Å²) in [5.41, 5.74) is 0.950. The third kappa shape index (κ3) is 7.66. The van der Waals surface area contributed by atoms with Crippen molar-refractivity contribution in [1.82, 2.24) is 10.2 Å². The Morgan fingerprint density at radius 1 is 1.23 bits per heavy atom. The topological polar surface area (TPSA) is 91.0 Å². The van der Waals surface area contributed by atoms with Crippen molar-refractivity contribution in [3.8, 4) is 0 Å². The zero-order valence-corrected chi connectivity index (χ0v) is 20.3. The monoisotopic (exact) mass is 532 g/mol. The maximum atomic E-state index is 13.1. The number of ether oxygens (including phenoxy) is 1. The van der Waals surface area contributed by atoms with E-state index >= 15 is 0 Å². The smallest absolute Gasteiger partial charge is 0.370 e. The molecule has 1 aliphatic heterocycles. The second-order valence-electron chi connectivity index (χ2n) is 7.64. The molecule has 0 bridgehead atoms. The minimum absolute atomic E-state index is 0.0182. The van der Waals surface area contributed by atoms with E-state index in [0.29, 0.717) is 28.9 Å². The Kier molecular flexibility index (Phi) is 9.11. The minimum Gasteiger partial charge on any atom is -0.370 e. The maximum Gasteiger partial charge on any atom is 0.401 e. The molecule has 3 rings (SSSR count). The minimum atomic E-state index is -4.54. The lowest BCUT2D eigenvalue weighted by atomic mass is 10.2. The van der Waals surface area contributed by atoms with E-state index in [1.165, 1.54) is 19.1 Å². The average molecular weight is 533 g/mol. The molecule has 2 heterocycles. The van der Waals surface area contributed by atoms with E-state index in [1.807, 2.05) is 0 Å². The highest BCUT2D eigenvalue weighted by molar-refractivity contribution is 7.18. The molecular weight excluding hydrogens is 509 g/mol. The van der Waals surface area contributed by atoms with Crippen molar-refractivity contribution in [2.75, 3.05) is 49.6 Å². The van der Waals surface area contributed by atoms with Gasteiger partial charge in [0.05, 0.1) is 22.4 Å². The molecule has 190 valence electrons. The molecule has 13 heteroatoms. The van der Waals surface area contributed by atoms with Crippen molar-refractivity contribution < 1.29 is 32.3 Å². The summed E-state index contributed by atoms with van der Waals surface area (Å²) in [7, 11) is 0. The molecule has 1 aromatic heterocycles. The first-order chi connectivity index (χ1) is 16.6. The number of nitrogens with zero attached hydrogens (tertiary/aromatic N) is 2. The van der Waals surface area contributed by atoms with Gasteiger partial charge in [-0.1, -0.05) is 18.5 Å². The van der Waals surface area contributed by atoms with Crippen LogP contribution in [0.4, 0.5) is 24.5 Å². The standard InChI is InChI=1S/C22H24ClF3N4O4S/c1-2-29(13-22(24,25)26)16(11-27-21(33)17-7-8-18(23)35-17)20(32)28-14-3-5-15(6-4-14)30-9-10-34-12-19(30)31/h3-8,16H,2,9-13H2,1H3,(H,27,33)(H,28,32)/t16-/m1/s1. The fourth-order valence-corrected chi connectivity index (χ4v) is 4.47. The van der Waals surface area contributed by atoms with E-state index in [4.69, 9.17) is 16.3 Å². The first-order valence-electron chi connectivity index (χ1n) is 10.7. The molecule has 0 spiro atoms. The van der Waals surface area contributed by atoms with Crippen molar-refractivity contribution in [2.45, 2.75) is 19.1 Å². The number of nitrogens with one attached hydrogen (secondary N) is 2. The number of carbonyl (C=O) groups is 3. The van der Waals surface area contributed by atoms with Gasteiger partial charge in [0.1, 0.15) is 12.6 Å². The lowest BCUT2D eigenvalue weighted by molar-refractivity contribution is -0.153. The van der Waals surface area contributed by atoms with Crippen LogP contribution in [0.25, 0.3) is 0 Å². The summed E-state index contributed by atoms with van der Waals surface area (Å²) in [4.78, 5) is 40.2. The first-order valence-corrected chi connectivity index (χ1v) is 11.9. The Bertz CT molecular complexity index is 1050. The normalized spacial score (nSPS) is 15.3. The highest BCUT2D eigenvalue weighted by atomic mass is 35.5. The number of anilines is 2. The summed E-state index contributed by atoms with van der Waals surface area (Å²) in [6, 6.07) is 8.10. The van der Waals surface area contributed by atoms with Crippen LogP contribution < -0.4 is 15.5 Å². The predicted molar refractivity (Wildman–Crippen MR) is 127 cm³/mol. The van der Waals surface area contributed by atoms with E-state index in [9.17, 15) is 27.6 Å². The molecule has 1 aromatic carbocycles. The molecule has 0 unspecified atom stereocenters. The van der Waals surface area contributed by atoms with Gasteiger partial charge in [0.15, 0.2) is 0 Å². The predicted octanol–water partition coefficient (Wildman–Crippen LogP) is 3.39. The van der Waals surface area contributed by atoms with E-state index in [0.717, 1.165) is 16.2 Å². The molecule has 0 aliphatic carbocycles. The third-order valence-electron chi connectivity index (χ3n) is 5.22. The molecule has 8 nitrogen and oxygen atoms in total. The number of likely N-dealkylation sites (N-methyl/N-ethyl adjacent to an activating group) is 1. The number of halogens is 4. The van der Waals surface area contributed by atoms with Crippen LogP contribution in [-0.2, 0) is 14.3 Å². The van der Waals surface area contributed by atoms with Gasteiger partial charge < -0.3 is 20.3 Å². The molecule has 35 heavy (non-hydrogen) atoms. The van der Waals surface area contributed by atoms with Crippen LogP contribution in [0, 0.1) is 0 Å². The fourth-order valence-electron chi connectivity index (χ4n) is 3.51. The Morgan fingerprint density at radius 3 is 2.51 bits per heavy atom. The molecule has 0 saturated carbocycles. The number of carbonyl (C=O) groups excluding carboxylic acids is 3. The summed E-state index contributed by atoms with van der Waals surface area (Å²) >= 11 is 6.85. The highest BCUT2D eigenvalue weighted by Crippen LogP contribution is 2.23. The molecule has 2 aromatic rings. The van der Waals surface area contributed by atoms with E-state index in [1.54, 1.807) is 29.2 Å². The lowest BCUT2D eigenvalue weighted by Gasteiger charge is -2.30. The molecule has 3 amide bonds. The van der Waals surface area contributed by atoms with E-state index in [-0.39, 0.29) is 30.5 Å². The zero-order valence-electron chi connectivity index (χ0n) is 18.7.